The first-order valence-electron chi connectivity index (χ1n) is 8.58. The second kappa shape index (κ2) is 9.87. The normalized spacial score (nSPS) is 13.0. The van der Waals surface area contributed by atoms with Gasteiger partial charge in [-0.3, -0.25) is 4.99 Å². The fraction of sp³-hybridized carbons (Fsp3) is 0.611. The molecule has 0 amide bonds. The van der Waals surface area contributed by atoms with Crippen LogP contribution in [0.2, 0.25) is 0 Å². The Balaban J connectivity index is 2.66. The lowest BCUT2D eigenvalue weighted by atomic mass is 9.90. The van der Waals surface area contributed by atoms with Crippen LogP contribution in [-0.2, 0) is 16.4 Å². The van der Waals surface area contributed by atoms with Crippen LogP contribution < -0.4 is 15.4 Å². The van der Waals surface area contributed by atoms with Gasteiger partial charge in [-0.2, -0.15) is 8.78 Å². The van der Waals surface area contributed by atoms with Crippen molar-refractivity contribution in [1.29, 1.82) is 0 Å². The topological polar surface area (TPSA) is 79.8 Å². The van der Waals surface area contributed by atoms with Gasteiger partial charge in [0.15, 0.2) is 5.96 Å². The molecule has 0 aliphatic rings. The van der Waals surface area contributed by atoms with Gasteiger partial charge in [-0.1, -0.05) is 31.5 Å². The molecule has 0 aliphatic heterocycles. The number of alkyl halides is 2. The van der Waals surface area contributed by atoms with E-state index in [0.717, 1.165) is 5.56 Å². The van der Waals surface area contributed by atoms with E-state index >= 15 is 0 Å². The van der Waals surface area contributed by atoms with Crippen LogP contribution in [0.15, 0.2) is 23.2 Å². The van der Waals surface area contributed by atoms with Crippen LogP contribution in [-0.4, -0.2) is 46.6 Å². The summed E-state index contributed by atoms with van der Waals surface area (Å²) in [6, 6.07) is 5.00. The van der Waals surface area contributed by atoms with Crippen molar-refractivity contribution >= 4 is 15.8 Å². The first-order valence-corrected chi connectivity index (χ1v) is 10.6. The van der Waals surface area contributed by atoms with Crippen molar-refractivity contribution < 1.29 is 21.9 Å². The quantitative estimate of drug-likeness (QED) is 0.488. The lowest BCUT2D eigenvalue weighted by Crippen LogP contribution is -2.42. The fourth-order valence-corrected chi connectivity index (χ4v) is 3.25. The van der Waals surface area contributed by atoms with Gasteiger partial charge >= 0.3 is 6.61 Å². The predicted octanol–water partition coefficient (Wildman–Crippen LogP) is 2.72. The van der Waals surface area contributed by atoms with Crippen LogP contribution in [0, 0.1) is 12.3 Å². The lowest BCUT2D eigenvalue weighted by molar-refractivity contribution is -0.0504. The third-order valence-electron chi connectivity index (χ3n) is 3.99. The summed E-state index contributed by atoms with van der Waals surface area (Å²) in [6.45, 7) is 3.68. The Morgan fingerprint density at radius 3 is 2.52 bits per heavy atom. The molecule has 0 atom stereocenters. The van der Waals surface area contributed by atoms with Gasteiger partial charge in [0.1, 0.15) is 15.6 Å². The molecular weight excluding hydrogens is 376 g/mol. The summed E-state index contributed by atoms with van der Waals surface area (Å²) >= 11 is 0. The number of aliphatic imine (C=N–C) groups is 1. The summed E-state index contributed by atoms with van der Waals surface area (Å²) in [6.07, 6.45) is 1.73. The van der Waals surface area contributed by atoms with Crippen LogP contribution in [0.25, 0.3) is 0 Å². The largest absolute Gasteiger partial charge is 0.434 e. The Morgan fingerprint density at radius 1 is 1.30 bits per heavy atom. The average molecular weight is 406 g/mol. The van der Waals surface area contributed by atoms with Crippen molar-refractivity contribution in [2.45, 2.75) is 40.3 Å². The first-order chi connectivity index (χ1) is 12.4. The van der Waals surface area contributed by atoms with Gasteiger partial charge < -0.3 is 15.4 Å². The molecule has 154 valence electrons. The highest BCUT2D eigenvalue weighted by Crippen LogP contribution is 2.22. The molecule has 0 fully saturated rings. The van der Waals surface area contributed by atoms with E-state index in [4.69, 9.17) is 0 Å². The van der Waals surface area contributed by atoms with Crippen molar-refractivity contribution in [3.05, 3.63) is 29.3 Å². The number of guanidine groups is 1. The van der Waals surface area contributed by atoms with Gasteiger partial charge in [-0.25, -0.2) is 8.42 Å². The van der Waals surface area contributed by atoms with E-state index < -0.39 is 16.4 Å². The summed E-state index contributed by atoms with van der Waals surface area (Å²) < 4.78 is 52.4. The minimum absolute atomic E-state index is 0.116. The van der Waals surface area contributed by atoms with Gasteiger partial charge in [-0.15, -0.1) is 0 Å². The van der Waals surface area contributed by atoms with Crippen LogP contribution in [0.4, 0.5) is 8.78 Å². The number of sulfone groups is 1. The molecule has 0 saturated carbocycles. The molecule has 0 aromatic heterocycles. The number of hydrogen-bond donors (Lipinski definition) is 2. The summed E-state index contributed by atoms with van der Waals surface area (Å²) in [5, 5.41) is 6.21. The van der Waals surface area contributed by atoms with E-state index in [1.807, 2.05) is 20.8 Å². The van der Waals surface area contributed by atoms with E-state index in [-0.39, 0.29) is 23.5 Å². The van der Waals surface area contributed by atoms with Gasteiger partial charge in [0.25, 0.3) is 0 Å². The van der Waals surface area contributed by atoms with Crippen molar-refractivity contribution in [1.82, 2.24) is 10.6 Å². The summed E-state index contributed by atoms with van der Waals surface area (Å²) in [7, 11) is -1.41. The fourth-order valence-electron chi connectivity index (χ4n) is 2.33. The number of rotatable bonds is 9. The highest BCUT2D eigenvalue weighted by molar-refractivity contribution is 7.90. The number of nitrogens with zero attached hydrogens (tertiary/aromatic N) is 1. The predicted molar refractivity (Wildman–Crippen MR) is 104 cm³/mol. The Kier molecular flexibility index (Phi) is 8.46. The minimum Gasteiger partial charge on any atom is -0.434 e. The first kappa shape index (κ1) is 23.1. The number of hydrogen-bond acceptors (Lipinski definition) is 4. The highest BCUT2D eigenvalue weighted by Gasteiger charge is 2.20. The molecule has 0 aliphatic carbocycles. The van der Waals surface area contributed by atoms with E-state index in [0.29, 0.717) is 24.5 Å². The lowest BCUT2D eigenvalue weighted by Gasteiger charge is -2.26. The number of aryl methyl sites for hydroxylation is 1. The van der Waals surface area contributed by atoms with E-state index in [1.54, 1.807) is 19.2 Å². The van der Waals surface area contributed by atoms with Gasteiger partial charge in [0, 0.05) is 32.0 Å². The van der Waals surface area contributed by atoms with Crippen molar-refractivity contribution in [2.24, 2.45) is 10.4 Å². The maximum Gasteiger partial charge on any atom is 0.387 e. The van der Waals surface area contributed by atoms with Crippen LogP contribution in [0.1, 0.15) is 31.4 Å². The number of halogens is 2. The highest BCUT2D eigenvalue weighted by atomic mass is 32.2. The van der Waals surface area contributed by atoms with Crippen molar-refractivity contribution in [3.63, 3.8) is 0 Å². The minimum atomic E-state index is -3.02. The summed E-state index contributed by atoms with van der Waals surface area (Å²) in [4.78, 5) is 4.12. The molecule has 0 bridgehead atoms. The van der Waals surface area contributed by atoms with Gasteiger partial charge in [-0.05, 0) is 24.8 Å². The monoisotopic (exact) mass is 405 g/mol. The smallest absolute Gasteiger partial charge is 0.387 e. The van der Waals surface area contributed by atoms with Crippen LogP contribution >= 0.6 is 0 Å². The molecule has 1 aromatic rings. The van der Waals surface area contributed by atoms with Crippen LogP contribution in [0.5, 0.6) is 5.75 Å². The zero-order valence-electron chi connectivity index (χ0n) is 16.5. The third kappa shape index (κ3) is 9.55. The number of nitrogens with one attached hydrogen (secondary N) is 2. The molecule has 0 radical (unpaired) electrons. The molecule has 1 rings (SSSR count). The van der Waals surface area contributed by atoms with Crippen molar-refractivity contribution in [3.8, 4) is 5.75 Å². The molecule has 1 aromatic carbocycles. The molecule has 0 unspecified atom stereocenters. The maximum atomic E-state index is 12.6. The molecule has 0 saturated heterocycles. The molecule has 0 spiro atoms. The average Bonchev–Trinajstić information content (AvgIpc) is 2.54. The van der Waals surface area contributed by atoms with Crippen molar-refractivity contribution in [2.75, 3.05) is 25.6 Å². The van der Waals surface area contributed by atoms with E-state index in [9.17, 15) is 17.2 Å². The molecule has 6 nitrogen and oxygen atoms in total. The zero-order chi connectivity index (χ0) is 20.7. The second-order valence-corrected chi connectivity index (χ2v) is 9.57. The summed E-state index contributed by atoms with van der Waals surface area (Å²) in [5.41, 5.74) is 1.27. The molecule has 0 heterocycles. The number of benzene rings is 1. The van der Waals surface area contributed by atoms with E-state index in [2.05, 4.69) is 20.4 Å². The third-order valence-corrected chi connectivity index (χ3v) is 4.93. The standard InChI is InChI=1S/C18H29F2N3O3S/c1-13-6-7-15(26-16(19)20)14(10-13)11-22-17(21-4)23-12-18(2,3)8-9-27(5,24)25/h6-7,10,16H,8-9,11-12H2,1-5H3,(H2,21,22,23). The summed E-state index contributed by atoms with van der Waals surface area (Å²) in [5.74, 6) is 0.727. The maximum absolute atomic E-state index is 12.6. The van der Waals surface area contributed by atoms with Gasteiger partial charge in [0.2, 0.25) is 0 Å². The van der Waals surface area contributed by atoms with E-state index in [1.165, 1.54) is 12.3 Å². The Bertz CT molecular complexity index is 750. The molecule has 9 heteroatoms. The zero-order valence-corrected chi connectivity index (χ0v) is 17.3. The van der Waals surface area contributed by atoms with Crippen LogP contribution in [0.3, 0.4) is 0 Å². The number of ether oxygens (including phenoxy) is 1. The Hall–Kier alpha value is -1.90. The Morgan fingerprint density at radius 2 is 1.96 bits per heavy atom. The van der Waals surface area contributed by atoms with Gasteiger partial charge in [0.05, 0.1) is 5.75 Å². The Labute approximate surface area is 160 Å². The molecule has 27 heavy (non-hydrogen) atoms. The second-order valence-electron chi connectivity index (χ2n) is 7.31. The molecule has 2 N–H and O–H groups in total. The molecular formula is C18H29F2N3O3S. The SMILES string of the molecule is CN=C(NCc1cc(C)ccc1OC(F)F)NCC(C)(C)CCS(C)(=O)=O.